The molecule has 0 radical (unpaired) electrons. The van der Waals surface area contributed by atoms with E-state index in [0.717, 1.165) is 49.0 Å². The van der Waals surface area contributed by atoms with Crippen molar-refractivity contribution in [3.8, 4) is 5.75 Å². The zero-order valence-electron chi connectivity index (χ0n) is 23.9. The van der Waals surface area contributed by atoms with Crippen molar-refractivity contribution in [3.05, 3.63) is 64.7 Å². The molecule has 0 aromatic heterocycles. The highest BCUT2D eigenvalue weighted by atomic mass is 16.5. The van der Waals surface area contributed by atoms with E-state index in [1.165, 1.54) is 11.1 Å². The molecule has 0 fully saturated rings. The molecule has 6 heteroatoms. The predicted molar refractivity (Wildman–Crippen MR) is 152 cm³/mol. The van der Waals surface area contributed by atoms with Crippen molar-refractivity contribution in [1.82, 2.24) is 5.32 Å². The molecule has 210 valence electrons. The molecule has 0 heterocycles. The summed E-state index contributed by atoms with van der Waals surface area (Å²) in [5.74, 6) is 1.15. The van der Waals surface area contributed by atoms with Gasteiger partial charge >= 0.3 is 5.97 Å². The summed E-state index contributed by atoms with van der Waals surface area (Å²) in [4.78, 5) is 12.0. The van der Waals surface area contributed by atoms with E-state index in [2.05, 4.69) is 50.4 Å². The second kappa shape index (κ2) is 14.7. The van der Waals surface area contributed by atoms with Gasteiger partial charge in [0.2, 0.25) is 0 Å². The van der Waals surface area contributed by atoms with Crippen LogP contribution in [0.15, 0.2) is 42.5 Å². The number of esters is 1. The summed E-state index contributed by atoms with van der Waals surface area (Å²) in [6.07, 6.45) is 5.06. The van der Waals surface area contributed by atoms with Gasteiger partial charge in [0.1, 0.15) is 5.75 Å². The first kappa shape index (κ1) is 30.1. The number of aliphatic hydroxyl groups is 1. The van der Waals surface area contributed by atoms with Crippen LogP contribution in [0.4, 0.5) is 0 Å². The van der Waals surface area contributed by atoms with E-state index in [1.54, 1.807) is 7.11 Å². The van der Waals surface area contributed by atoms with Gasteiger partial charge in [-0.05, 0) is 81.5 Å². The second-order valence-electron chi connectivity index (χ2n) is 11.1. The molecular weight excluding hydrogens is 478 g/mol. The van der Waals surface area contributed by atoms with Gasteiger partial charge in [0.15, 0.2) is 0 Å². The van der Waals surface area contributed by atoms with Gasteiger partial charge < -0.3 is 24.6 Å². The van der Waals surface area contributed by atoms with E-state index in [1.807, 2.05) is 25.1 Å². The van der Waals surface area contributed by atoms with Gasteiger partial charge in [0.05, 0.1) is 32.5 Å². The van der Waals surface area contributed by atoms with Crippen molar-refractivity contribution in [1.29, 1.82) is 0 Å². The van der Waals surface area contributed by atoms with E-state index in [-0.39, 0.29) is 30.6 Å². The largest absolute Gasteiger partial charge is 0.496 e. The summed E-state index contributed by atoms with van der Waals surface area (Å²) in [7, 11) is 1.64. The number of ether oxygens (including phenoxy) is 3. The van der Waals surface area contributed by atoms with Gasteiger partial charge in [-0.15, -0.1) is 0 Å². The van der Waals surface area contributed by atoms with Crippen molar-refractivity contribution in [2.45, 2.75) is 90.4 Å². The van der Waals surface area contributed by atoms with Gasteiger partial charge in [0, 0.05) is 24.1 Å². The number of nitrogens with one attached hydrogen (secondary N) is 1. The summed E-state index contributed by atoms with van der Waals surface area (Å²) < 4.78 is 17.0. The number of carbonyl (C=O) groups excluding carboxylic acids is 1. The molecular formula is C32H47NO5. The highest BCUT2D eigenvalue weighted by molar-refractivity contribution is 5.70. The number of carbonyl (C=O) groups is 1. The van der Waals surface area contributed by atoms with Crippen molar-refractivity contribution in [3.63, 3.8) is 0 Å². The molecule has 3 rings (SSSR count). The molecule has 6 nitrogen and oxygen atoms in total. The Labute approximate surface area is 229 Å². The van der Waals surface area contributed by atoms with Crippen LogP contribution < -0.4 is 10.1 Å². The maximum absolute atomic E-state index is 12.0. The molecule has 0 bridgehead atoms. The van der Waals surface area contributed by atoms with Crippen molar-refractivity contribution >= 4 is 5.97 Å². The van der Waals surface area contributed by atoms with E-state index >= 15 is 0 Å². The van der Waals surface area contributed by atoms with Crippen LogP contribution >= 0.6 is 0 Å². The average molecular weight is 526 g/mol. The normalized spacial score (nSPS) is 15.2. The van der Waals surface area contributed by atoms with E-state index < -0.39 is 6.10 Å². The summed E-state index contributed by atoms with van der Waals surface area (Å²) >= 11 is 0. The zero-order valence-corrected chi connectivity index (χ0v) is 23.9. The Balaban J connectivity index is 1.55. The van der Waals surface area contributed by atoms with Crippen molar-refractivity contribution in [2.75, 3.05) is 26.9 Å². The van der Waals surface area contributed by atoms with Crippen LogP contribution in [-0.2, 0) is 33.5 Å². The molecule has 0 saturated heterocycles. The van der Waals surface area contributed by atoms with Gasteiger partial charge in [-0.2, -0.15) is 0 Å². The molecule has 0 aliphatic heterocycles. The average Bonchev–Trinajstić information content (AvgIpc) is 3.30. The molecule has 2 atom stereocenters. The molecule has 0 saturated carbocycles. The zero-order chi connectivity index (χ0) is 27.5. The summed E-state index contributed by atoms with van der Waals surface area (Å²) in [6.45, 7) is 9.45. The fraction of sp³-hybridized carbons (Fsp3) is 0.594. The fourth-order valence-electron chi connectivity index (χ4n) is 5.66. The van der Waals surface area contributed by atoms with E-state index in [0.29, 0.717) is 25.5 Å². The molecule has 2 aromatic carbocycles. The number of β-amino-alcohol motifs (C(OH)–C–C–N with tert-alkyl or cyclic N) is 1. The van der Waals surface area contributed by atoms with Crippen LogP contribution in [0, 0.1) is 5.92 Å². The molecule has 1 aliphatic rings. The van der Waals surface area contributed by atoms with E-state index in [9.17, 15) is 9.90 Å². The molecule has 2 aromatic rings. The smallest absolute Gasteiger partial charge is 0.306 e. The summed E-state index contributed by atoms with van der Waals surface area (Å²) in [5, 5.41) is 14.4. The number of aliphatic hydroxyl groups excluding tert-OH is 1. The minimum atomic E-state index is -0.622. The Morgan fingerprint density at radius 1 is 1.11 bits per heavy atom. The van der Waals surface area contributed by atoms with Crippen molar-refractivity contribution in [2.24, 2.45) is 5.92 Å². The summed E-state index contributed by atoms with van der Waals surface area (Å²) in [6, 6.07) is 14.6. The lowest BCUT2D eigenvalue weighted by molar-refractivity contribution is -0.143. The van der Waals surface area contributed by atoms with Crippen LogP contribution in [0.3, 0.4) is 0 Å². The predicted octanol–water partition coefficient (Wildman–Crippen LogP) is 5.58. The second-order valence-corrected chi connectivity index (χ2v) is 11.1. The van der Waals surface area contributed by atoms with Gasteiger partial charge in [-0.1, -0.05) is 49.7 Å². The first-order chi connectivity index (χ1) is 18.3. The van der Waals surface area contributed by atoms with Crippen LogP contribution in [-0.4, -0.2) is 49.6 Å². The highest BCUT2D eigenvalue weighted by Gasteiger charge is 2.28. The third-order valence-electron chi connectivity index (χ3n) is 7.41. The maximum Gasteiger partial charge on any atom is 0.306 e. The Morgan fingerprint density at radius 2 is 1.82 bits per heavy atom. The molecule has 2 N–H and O–H groups in total. The Morgan fingerprint density at radius 3 is 2.45 bits per heavy atom. The van der Waals surface area contributed by atoms with Crippen LogP contribution in [0.25, 0.3) is 0 Å². The standard InChI is InChI=1S/C32H47NO5/c1-6-11-30(27-14-10-15-29(36-5)28(27)16-17-31(35)37-7-2)38-22-26(34)21-33-32(3,4)20-23-18-24-12-8-9-13-25(24)19-23/h8-10,12-15,23,26,30,33-34H,6-7,11,16-22H2,1-5H3/t26-,30-/m1/s1. The quantitative estimate of drug-likeness (QED) is 0.279. The number of hydrogen-bond donors (Lipinski definition) is 2. The lowest BCUT2D eigenvalue weighted by atomic mass is 9.88. The topological polar surface area (TPSA) is 77.0 Å². The Kier molecular flexibility index (Phi) is 11.6. The number of hydrogen-bond acceptors (Lipinski definition) is 6. The molecule has 0 unspecified atom stereocenters. The maximum atomic E-state index is 12.0. The van der Waals surface area contributed by atoms with Crippen LogP contribution in [0.2, 0.25) is 0 Å². The lowest BCUT2D eigenvalue weighted by Gasteiger charge is -2.31. The first-order valence-electron chi connectivity index (χ1n) is 14.2. The molecule has 0 amide bonds. The molecule has 38 heavy (non-hydrogen) atoms. The summed E-state index contributed by atoms with van der Waals surface area (Å²) in [5.41, 5.74) is 4.85. The lowest BCUT2D eigenvalue weighted by Crippen LogP contribution is -2.45. The highest BCUT2D eigenvalue weighted by Crippen LogP contribution is 2.34. The fourth-order valence-corrected chi connectivity index (χ4v) is 5.66. The minimum absolute atomic E-state index is 0.0798. The monoisotopic (exact) mass is 525 g/mol. The number of methoxy groups -OCH3 is 1. The van der Waals surface area contributed by atoms with Gasteiger partial charge in [0.25, 0.3) is 0 Å². The first-order valence-corrected chi connectivity index (χ1v) is 14.2. The molecule has 1 aliphatic carbocycles. The SMILES string of the molecule is CCC[C@@H](OC[C@H](O)CNC(C)(C)CC1Cc2ccccc2C1)c1cccc(OC)c1CCC(=O)OCC. The molecule has 0 spiro atoms. The van der Waals surface area contributed by atoms with Gasteiger partial charge in [-0.25, -0.2) is 0 Å². The Bertz CT molecular complexity index is 996. The Hall–Kier alpha value is -2.41. The van der Waals surface area contributed by atoms with Crippen LogP contribution in [0.5, 0.6) is 5.75 Å². The third kappa shape index (κ3) is 8.82. The van der Waals surface area contributed by atoms with Gasteiger partial charge in [-0.3, -0.25) is 4.79 Å². The van der Waals surface area contributed by atoms with Crippen molar-refractivity contribution < 1.29 is 24.1 Å². The third-order valence-corrected chi connectivity index (χ3v) is 7.41. The number of benzene rings is 2. The number of fused-ring (bicyclic) bond motifs is 1. The number of rotatable bonds is 16. The van der Waals surface area contributed by atoms with Crippen LogP contribution in [0.1, 0.15) is 81.7 Å². The minimum Gasteiger partial charge on any atom is -0.496 e. The van der Waals surface area contributed by atoms with E-state index in [4.69, 9.17) is 14.2 Å².